The molecule has 3 rings (SSSR count). The van der Waals surface area contributed by atoms with Crippen LogP contribution in [0.25, 0.3) is 10.9 Å². The van der Waals surface area contributed by atoms with Crippen LogP contribution in [0, 0.1) is 0 Å². The Labute approximate surface area is 174 Å². The number of methoxy groups -OCH3 is 3. The Morgan fingerprint density at radius 2 is 1.77 bits per heavy atom. The van der Waals surface area contributed by atoms with Crippen LogP contribution in [0.4, 0.5) is 0 Å². The minimum atomic E-state index is -0.524. The smallest absolute Gasteiger partial charge is 0.261 e. The summed E-state index contributed by atoms with van der Waals surface area (Å²) in [6.45, 7) is 2.46. The first kappa shape index (κ1) is 21.3. The maximum Gasteiger partial charge on any atom is 0.261 e. The van der Waals surface area contributed by atoms with Crippen LogP contribution in [0.1, 0.15) is 29.1 Å². The molecule has 0 aliphatic heterocycles. The molecule has 0 saturated carbocycles. The van der Waals surface area contributed by atoms with Crippen LogP contribution in [0.3, 0.4) is 0 Å². The highest BCUT2D eigenvalue weighted by Gasteiger charge is 2.20. The van der Waals surface area contributed by atoms with Crippen molar-refractivity contribution in [2.75, 3.05) is 27.9 Å². The molecule has 0 bridgehead atoms. The molecule has 1 heterocycles. The van der Waals surface area contributed by atoms with Crippen molar-refractivity contribution in [1.82, 2.24) is 14.9 Å². The highest BCUT2D eigenvalue weighted by molar-refractivity contribution is 5.95. The maximum absolute atomic E-state index is 13.0. The van der Waals surface area contributed by atoms with Gasteiger partial charge in [0, 0.05) is 18.7 Å². The lowest BCUT2D eigenvalue weighted by molar-refractivity contribution is 0.0936. The number of aromatic nitrogens is 2. The summed E-state index contributed by atoms with van der Waals surface area (Å²) < 4.78 is 17.2. The zero-order chi connectivity index (χ0) is 21.7. The first-order chi connectivity index (χ1) is 14.5. The molecular weight excluding hydrogens is 386 g/mol. The van der Waals surface area contributed by atoms with Crippen LogP contribution >= 0.6 is 0 Å². The van der Waals surface area contributed by atoms with Crippen molar-refractivity contribution in [3.05, 3.63) is 64.2 Å². The van der Waals surface area contributed by atoms with E-state index in [2.05, 4.69) is 10.3 Å². The Morgan fingerprint density at radius 3 is 2.40 bits per heavy atom. The summed E-state index contributed by atoms with van der Waals surface area (Å²) in [6, 6.07) is 11.5. The van der Waals surface area contributed by atoms with Gasteiger partial charge in [0.1, 0.15) is 17.3 Å². The number of benzene rings is 2. The molecule has 0 fully saturated rings. The SMILES string of the molecule is COCCn1c([C@@H](C)NC(=O)c2cc(OC)cc(OC)c2)nc2ccccc2c1=O. The summed E-state index contributed by atoms with van der Waals surface area (Å²) in [4.78, 5) is 30.5. The fraction of sp³-hybridized carbons (Fsp3) is 0.318. The van der Waals surface area contributed by atoms with E-state index in [4.69, 9.17) is 14.2 Å². The van der Waals surface area contributed by atoms with Crippen molar-refractivity contribution in [2.24, 2.45) is 0 Å². The topological polar surface area (TPSA) is 91.7 Å². The standard InChI is InChI=1S/C22H25N3O5/c1-14(23-21(26)15-11-16(29-3)13-17(12-15)30-4)20-24-19-8-6-5-7-18(19)22(27)25(20)9-10-28-2/h5-8,11-14H,9-10H2,1-4H3,(H,23,26)/t14-/m1/s1. The third-order valence-electron chi connectivity index (χ3n) is 4.76. The van der Waals surface area contributed by atoms with Crippen molar-refractivity contribution in [1.29, 1.82) is 0 Å². The summed E-state index contributed by atoms with van der Waals surface area (Å²) >= 11 is 0. The van der Waals surface area contributed by atoms with E-state index in [1.54, 1.807) is 55.0 Å². The molecule has 0 aliphatic rings. The Hall–Kier alpha value is -3.39. The molecule has 0 aliphatic carbocycles. The van der Waals surface area contributed by atoms with E-state index in [0.717, 1.165) is 0 Å². The van der Waals surface area contributed by atoms with Crippen LogP contribution in [0.5, 0.6) is 11.5 Å². The van der Waals surface area contributed by atoms with Crippen LogP contribution in [-0.2, 0) is 11.3 Å². The minimum Gasteiger partial charge on any atom is -0.497 e. The van der Waals surface area contributed by atoms with Crippen LogP contribution in [0.15, 0.2) is 47.3 Å². The molecule has 0 radical (unpaired) electrons. The normalized spacial score (nSPS) is 11.9. The number of hydrogen-bond acceptors (Lipinski definition) is 6. The number of para-hydroxylation sites is 1. The van der Waals surface area contributed by atoms with E-state index in [0.29, 0.717) is 46.9 Å². The number of nitrogens with one attached hydrogen (secondary N) is 1. The van der Waals surface area contributed by atoms with Gasteiger partial charge in [0.2, 0.25) is 0 Å². The second kappa shape index (κ2) is 9.41. The summed E-state index contributed by atoms with van der Waals surface area (Å²) in [5, 5.41) is 3.43. The van der Waals surface area contributed by atoms with Crippen molar-refractivity contribution in [3.8, 4) is 11.5 Å². The number of fused-ring (bicyclic) bond motifs is 1. The number of nitrogens with zero attached hydrogens (tertiary/aromatic N) is 2. The van der Waals surface area contributed by atoms with E-state index in [1.807, 2.05) is 6.07 Å². The summed E-state index contributed by atoms with van der Waals surface area (Å²) in [5.74, 6) is 1.14. The second-order valence-electron chi connectivity index (χ2n) is 6.73. The Morgan fingerprint density at radius 1 is 1.10 bits per heavy atom. The predicted molar refractivity (Wildman–Crippen MR) is 113 cm³/mol. The molecule has 3 aromatic rings. The average molecular weight is 411 g/mol. The van der Waals surface area contributed by atoms with Gasteiger partial charge in [-0.1, -0.05) is 12.1 Å². The van der Waals surface area contributed by atoms with Gasteiger partial charge in [0.05, 0.1) is 44.3 Å². The van der Waals surface area contributed by atoms with E-state index >= 15 is 0 Å². The largest absolute Gasteiger partial charge is 0.497 e. The van der Waals surface area contributed by atoms with Gasteiger partial charge in [-0.2, -0.15) is 0 Å². The molecule has 2 aromatic carbocycles. The number of carbonyl (C=O) groups excluding carboxylic acids is 1. The third kappa shape index (κ3) is 4.44. The van der Waals surface area contributed by atoms with Gasteiger partial charge in [-0.25, -0.2) is 4.98 Å². The molecule has 0 spiro atoms. The first-order valence-electron chi connectivity index (χ1n) is 9.50. The molecule has 0 saturated heterocycles. The molecule has 1 amide bonds. The lowest BCUT2D eigenvalue weighted by atomic mass is 10.1. The van der Waals surface area contributed by atoms with E-state index in [-0.39, 0.29) is 11.5 Å². The van der Waals surface area contributed by atoms with Gasteiger partial charge in [-0.3, -0.25) is 14.2 Å². The van der Waals surface area contributed by atoms with Crippen molar-refractivity contribution in [3.63, 3.8) is 0 Å². The van der Waals surface area contributed by atoms with E-state index in [9.17, 15) is 9.59 Å². The average Bonchev–Trinajstić information content (AvgIpc) is 2.77. The van der Waals surface area contributed by atoms with Crippen molar-refractivity contribution < 1.29 is 19.0 Å². The molecule has 30 heavy (non-hydrogen) atoms. The lowest BCUT2D eigenvalue weighted by Gasteiger charge is -2.20. The summed E-state index contributed by atoms with van der Waals surface area (Å²) in [6.07, 6.45) is 0. The maximum atomic E-state index is 13.0. The number of amides is 1. The highest BCUT2D eigenvalue weighted by atomic mass is 16.5. The molecule has 1 N–H and O–H groups in total. The fourth-order valence-corrected chi connectivity index (χ4v) is 3.20. The summed E-state index contributed by atoms with van der Waals surface area (Å²) in [5.41, 5.74) is 0.789. The quantitative estimate of drug-likeness (QED) is 0.613. The summed E-state index contributed by atoms with van der Waals surface area (Å²) in [7, 11) is 4.61. The zero-order valence-corrected chi connectivity index (χ0v) is 17.5. The minimum absolute atomic E-state index is 0.170. The third-order valence-corrected chi connectivity index (χ3v) is 4.76. The van der Waals surface area contributed by atoms with Crippen LogP contribution in [-0.4, -0.2) is 43.4 Å². The van der Waals surface area contributed by atoms with E-state index < -0.39 is 6.04 Å². The zero-order valence-electron chi connectivity index (χ0n) is 17.5. The number of carbonyl (C=O) groups is 1. The fourth-order valence-electron chi connectivity index (χ4n) is 3.20. The van der Waals surface area contributed by atoms with Gasteiger partial charge in [-0.15, -0.1) is 0 Å². The van der Waals surface area contributed by atoms with Crippen molar-refractivity contribution in [2.45, 2.75) is 19.5 Å². The van der Waals surface area contributed by atoms with Crippen LogP contribution < -0.4 is 20.3 Å². The first-order valence-corrected chi connectivity index (χ1v) is 9.50. The predicted octanol–water partition coefficient (Wildman–Crippen LogP) is 2.55. The molecule has 1 aromatic heterocycles. The monoisotopic (exact) mass is 411 g/mol. The van der Waals surface area contributed by atoms with Gasteiger partial charge >= 0.3 is 0 Å². The Balaban J connectivity index is 1.97. The number of rotatable bonds is 8. The Bertz CT molecular complexity index is 1090. The van der Waals surface area contributed by atoms with Crippen LogP contribution in [0.2, 0.25) is 0 Å². The molecule has 0 unspecified atom stereocenters. The van der Waals surface area contributed by atoms with Gasteiger partial charge < -0.3 is 19.5 Å². The molecule has 8 heteroatoms. The Kier molecular flexibility index (Phi) is 6.68. The molecular formula is C22H25N3O5. The molecule has 1 atom stereocenters. The molecule has 158 valence electrons. The molecule has 8 nitrogen and oxygen atoms in total. The second-order valence-corrected chi connectivity index (χ2v) is 6.73. The van der Waals surface area contributed by atoms with Gasteiger partial charge in [-0.05, 0) is 31.2 Å². The highest BCUT2D eigenvalue weighted by Crippen LogP contribution is 2.23. The van der Waals surface area contributed by atoms with Crippen molar-refractivity contribution >= 4 is 16.8 Å². The van der Waals surface area contributed by atoms with Gasteiger partial charge in [0.25, 0.3) is 11.5 Å². The lowest BCUT2D eigenvalue weighted by Crippen LogP contribution is -2.34. The number of hydrogen-bond donors (Lipinski definition) is 1. The van der Waals surface area contributed by atoms with Gasteiger partial charge in [0.15, 0.2) is 0 Å². The number of ether oxygens (including phenoxy) is 3. The van der Waals surface area contributed by atoms with E-state index in [1.165, 1.54) is 14.2 Å².